The van der Waals surface area contributed by atoms with Gasteiger partial charge in [-0.1, -0.05) is 0 Å². The topological polar surface area (TPSA) is 122 Å². The number of carboxylic acids is 1. The molecule has 0 saturated carbocycles. The molecule has 0 radical (unpaired) electrons. The summed E-state index contributed by atoms with van der Waals surface area (Å²) in [7, 11) is 1.83. The Hall–Kier alpha value is -4.16. The summed E-state index contributed by atoms with van der Waals surface area (Å²) in [5, 5.41) is 10.0. The average Bonchev–Trinajstić information content (AvgIpc) is 3.42. The van der Waals surface area contributed by atoms with Crippen molar-refractivity contribution in [2.45, 2.75) is 25.8 Å². The molecule has 2 N–H and O–H groups in total. The highest BCUT2D eigenvalue weighted by Crippen LogP contribution is 2.16. The second kappa shape index (κ2) is 10.2. The molecule has 0 saturated heterocycles. The number of carboxylic acid groups (broad SMARTS) is 1. The maximum absolute atomic E-state index is 12.6. The SMILES string of the molecule is Cn1cccc1C(=O)NCc1cn2c(n1)CN(C(=O)c1ccncc1)CC2.O=C(O)C(F)(F)F. The standard InChI is InChI=1S/C19H20N6O2.C2HF3O2/c1-23-8-2-3-16(23)18(26)21-11-15-12-24-9-10-25(13-17(24)22-15)19(27)14-4-6-20-7-5-14;3-2(4,5)1(6)7/h2-8,12H,9-11,13H2,1H3,(H,21,26);(H,6,7). The molecule has 1 aliphatic rings. The average molecular weight is 478 g/mol. The van der Waals surface area contributed by atoms with Crippen molar-refractivity contribution in [3.05, 3.63) is 71.8 Å². The highest BCUT2D eigenvalue weighted by Gasteiger charge is 2.38. The molecule has 34 heavy (non-hydrogen) atoms. The zero-order valence-corrected chi connectivity index (χ0v) is 18.0. The van der Waals surface area contributed by atoms with E-state index in [1.165, 1.54) is 0 Å². The minimum atomic E-state index is -5.08. The van der Waals surface area contributed by atoms with Crippen molar-refractivity contribution >= 4 is 17.8 Å². The molecule has 4 heterocycles. The van der Waals surface area contributed by atoms with Crippen LogP contribution in [0.2, 0.25) is 0 Å². The molecule has 0 unspecified atom stereocenters. The predicted octanol–water partition coefficient (Wildman–Crippen LogP) is 1.84. The first-order chi connectivity index (χ1) is 16.1. The molecule has 0 bridgehead atoms. The van der Waals surface area contributed by atoms with Crippen molar-refractivity contribution in [2.75, 3.05) is 6.54 Å². The Bertz CT molecular complexity index is 1170. The van der Waals surface area contributed by atoms with Crippen LogP contribution >= 0.6 is 0 Å². The quantitative estimate of drug-likeness (QED) is 0.590. The lowest BCUT2D eigenvalue weighted by Gasteiger charge is -2.27. The van der Waals surface area contributed by atoms with Crippen LogP contribution in [0.3, 0.4) is 0 Å². The number of imidazole rings is 1. The van der Waals surface area contributed by atoms with Crippen LogP contribution in [0.4, 0.5) is 13.2 Å². The number of amides is 2. The van der Waals surface area contributed by atoms with E-state index < -0.39 is 12.1 Å². The number of rotatable bonds is 4. The molecule has 0 fully saturated rings. The lowest BCUT2D eigenvalue weighted by Crippen LogP contribution is -2.38. The molecule has 13 heteroatoms. The number of fused-ring (bicyclic) bond motifs is 1. The van der Waals surface area contributed by atoms with Gasteiger partial charge >= 0.3 is 12.1 Å². The number of carbonyl (C=O) groups excluding carboxylic acids is 2. The van der Waals surface area contributed by atoms with Crippen LogP contribution in [0.1, 0.15) is 32.4 Å². The zero-order valence-electron chi connectivity index (χ0n) is 18.0. The van der Waals surface area contributed by atoms with E-state index in [-0.39, 0.29) is 11.8 Å². The molecular weight excluding hydrogens is 457 g/mol. The van der Waals surface area contributed by atoms with Gasteiger partial charge in [-0.15, -0.1) is 0 Å². The summed E-state index contributed by atoms with van der Waals surface area (Å²) in [6.07, 6.45) is 1.92. The van der Waals surface area contributed by atoms with Gasteiger partial charge in [0, 0.05) is 50.5 Å². The Kier molecular flexibility index (Phi) is 7.34. The minimum absolute atomic E-state index is 0.0230. The van der Waals surface area contributed by atoms with Gasteiger partial charge in [0.1, 0.15) is 11.5 Å². The fraction of sp³-hybridized carbons (Fsp3) is 0.286. The smallest absolute Gasteiger partial charge is 0.475 e. The largest absolute Gasteiger partial charge is 0.490 e. The molecule has 180 valence electrons. The zero-order chi connectivity index (χ0) is 24.9. The number of aryl methyl sites for hydroxylation is 1. The first-order valence-electron chi connectivity index (χ1n) is 10.00. The van der Waals surface area contributed by atoms with Gasteiger partial charge in [-0.05, 0) is 24.3 Å². The Morgan fingerprint density at radius 2 is 1.82 bits per heavy atom. The first kappa shape index (κ1) is 24.5. The van der Waals surface area contributed by atoms with E-state index in [1.807, 2.05) is 30.1 Å². The van der Waals surface area contributed by atoms with Crippen molar-refractivity contribution in [3.63, 3.8) is 0 Å². The molecule has 0 spiro atoms. The molecule has 10 nitrogen and oxygen atoms in total. The molecule has 0 atom stereocenters. The van der Waals surface area contributed by atoms with Crippen molar-refractivity contribution in [3.8, 4) is 0 Å². The molecule has 0 aliphatic carbocycles. The number of hydrogen-bond acceptors (Lipinski definition) is 5. The van der Waals surface area contributed by atoms with Crippen LogP contribution in [0, 0.1) is 0 Å². The number of nitrogens with zero attached hydrogens (tertiary/aromatic N) is 5. The Morgan fingerprint density at radius 1 is 1.15 bits per heavy atom. The summed E-state index contributed by atoms with van der Waals surface area (Å²) in [6, 6.07) is 7.04. The van der Waals surface area contributed by atoms with E-state index in [0.717, 1.165) is 11.5 Å². The van der Waals surface area contributed by atoms with E-state index in [4.69, 9.17) is 9.90 Å². The molecule has 3 aromatic heterocycles. The van der Waals surface area contributed by atoms with Crippen LogP contribution in [-0.4, -0.2) is 59.6 Å². The van der Waals surface area contributed by atoms with E-state index in [9.17, 15) is 22.8 Å². The van der Waals surface area contributed by atoms with Gasteiger partial charge in [0.25, 0.3) is 11.8 Å². The number of nitrogens with one attached hydrogen (secondary N) is 1. The third kappa shape index (κ3) is 5.99. The highest BCUT2D eigenvalue weighted by molar-refractivity contribution is 5.94. The fourth-order valence-electron chi connectivity index (χ4n) is 3.21. The van der Waals surface area contributed by atoms with E-state index in [0.29, 0.717) is 37.4 Å². The molecular formula is C21H21F3N6O4. The van der Waals surface area contributed by atoms with Crippen LogP contribution in [0.25, 0.3) is 0 Å². The van der Waals surface area contributed by atoms with E-state index in [1.54, 1.807) is 40.1 Å². The second-order valence-corrected chi connectivity index (χ2v) is 7.29. The van der Waals surface area contributed by atoms with Crippen molar-refractivity contribution in [2.24, 2.45) is 7.05 Å². The third-order valence-electron chi connectivity index (χ3n) is 4.92. The van der Waals surface area contributed by atoms with Crippen LogP contribution in [0.5, 0.6) is 0 Å². The summed E-state index contributed by atoms with van der Waals surface area (Å²) < 4.78 is 35.6. The lowest BCUT2D eigenvalue weighted by molar-refractivity contribution is -0.192. The monoisotopic (exact) mass is 478 g/mol. The molecule has 2 amide bonds. The van der Waals surface area contributed by atoms with Crippen molar-refractivity contribution < 1.29 is 32.7 Å². The normalized spacial score (nSPS) is 12.9. The number of halogens is 3. The number of carbonyl (C=O) groups is 3. The van der Waals surface area contributed by atoms with Crippen molar-refractivity contribution in [1.82, 2.24) is 29.3 Å². The van der Waals surface area contributed by atoms with Gasteiger partial charge in [-0.25, -0.2) is 9.78 Å². The van der Waals surface area contributed by atoms with Gasteiger partial charge in [-0.2, -0.15) is 13.2 Å². The predicted molar refractivity (Wildman–Crippen MR) is 111 cm³/mol. The lowest BCUT2D eigenvalue weighted by atomic mass is 10.2. The summed E-state index contributed by atoms with van der Waals surface area (Å²) in [5.74, 6) is -2.09. The Labute approximate surface area is 191 Å². The number of hydrogen-bond donors (Lipinski definition) is 2. The van der Waals surface area contributed by atoms with Gasteiger partial charge < -0.3 is 24.5 Å². The Morgan fingerprint density at radius 3 is 2.41 bits per heavy atom. The molecule has 0 aromatic carbocycles. The maximum atomic E-state index is 12.6. The van der Waals surface area contributed by atoms with Gasteiger partial charge in [0.05, 0.1) is 18.8 Å². The third-order valence-corrected chi connectivity index (χ3v) is 4.92. The number of aromatic nitrogens is 4. The summed E-state index contributed by atoms with van der Waals surface area (Å²) in [6.45, 7) is 2.11. The number of pyridine rings is 1. The second-order valence-electron chi connectivity index (χ2n) is 7.29. The molecule has 1 aliphatic heterocycles. The van der Waals surface area contributed by atoms with Crippen LogP contribution < -0.4 is 5.32 Å². The maximum Gasteiger partial charge on any atom is 0.490 e. The van der Waals surface area contributed by atoms with Crippen LogP contribution in [0.15, 0.2) is 49.1 Å². The number of aliphatic carboxylic acids is 1. The summed E-state index contributed by atoms with van der Waals surface area (Å²) in [5.41, 5.74) is 2.01. The van der Waals surface area contributed by atoms with Crippen LogP contribution in [-0.2, 0) is 31.5 Å². The van der Waals surface area contributed by atoms with E-state index >= 15 is 0 Å². The minimum Gasteiger partial charge on any atom is -0.475 e. The van der Waals surface area contributed by atoms with Gasteiger partial charge in [0.15, 0.2) is 0 Å². The van der Waals surface area contributed by atoms with Gasteiger partial charge in [0.2, 0.25) is 0 Å². The van der Waals surface area contributed by atoms with Gasteiger partial charge in [-0.3, -0.25) is 14.6 Å². The highest BCUT2D eigenvalue weighted by atomic mass is 19.4. The summed E-state index contributed by atoms with van der Waals surface area (Å²) in [4.78, 5) is 44.0. The van der Waals surface area contributed by atoms with Crippen molar-refractivity contribution in [1.29, 1.82) is 0 Å². The Balaban J connectivity index is 0.000000406. The summed E-state index contributed by atoms with van der Waals surface area (Å²) >= 11 is 0. The van der Waals surface area contributed by atoms with E-state index in [2.05, 4.69) is 15.3 Å². The first-order valence-corrected chi connectivity index (χ1v) is 10.00. The fourth-order valence-corrected chi connectivity index (χ4v) is 3.21. The molecule has 4 rings (SSSR count). The molecule has 3 aromatic rings. The number of alkyl halides is 3.